The van der Waals surface area contributed by atoms with Crippen molar-refractivity contribution in [3.63, 3.8) is 0 Å². The van der Waals surface area contributed by atoms with E-state index in [9.17, 15) is 13.5 Å². The molecule has 7 heteroatoms. The first kappa shape index (κ1) is 17.6. The predicted octanol–water partition coefficient (Wildman–Crippen LogP) is 1.95. The number of methoxy groups -OCH3 is 1. The number of hydrogen-bond acceptors (Lipinski definition) is 4. The van der Waals surface area contributed by atoms with Crippen LogP contribution in [0.3, 0.4) is 0 Å². The summed E-state index contributed by atoms with van der Waals surface area (Å²) < 4.78 is 33.2. The van der Waals surface area contributed by atoms with Crippen LogP contribution >= 0.6 is 15.9 Å². The number of aliphatic hydroxyl groups is 1. The van der Waals surface area contributed by atoms with Gasteiger partial charge in [-0.3, -0.25) is 0 Å². The summed E-state index contributed by atoms with van der Waals surface area (Å²) in [5.41, 5.74) is 1.16. The summed E-state index contributed by atoms with van der Waals surface area (Å²) in [4.78, 5) is 0.172. The van der Waals surface area contributed by atoms with E-state index < -0.39 is 10.0 Å². The Balaban J connectivity index is 3.18. The van der Waals surface area contributed by atoms with Crippen LogP contribution < -0.4 is 4.72 Å². The van der Waals surface area contributed by atoms with Gasteiger partial charge in [-0.2, -0.15) is 0 Å². The summed E-state index contributed by atoms with van der Waals surface area (Å²) in [6.07, 6.45) is 0.632. The highest BCUT2D eigenvalue weighted by Gasteiger charge is 2.22. The van der Waals surface area contributed by atoms with Gasteiger partial charge in [0.05, 0.1) is 18.1 Å². The van der Waals surface area contributed by atoms with Crippen LogP contribution in [0.25, 0.3) is 0 Å². The van der Waals surface area contributed by atoms with Crippen LogP contribution in [0.15, 0.2) is 21.5 Å². The second kappa shape index (κ2) is 7.51. The zero-order chi connectivity index (χ0) is 15.3. The Morgan fingerprint density at radius 3 is 2.60 bits per heavy atom. The van der Waals surface area contributed by atoms with Crippen LogP contribution in [-0.4, -0.2) is 33.3 Å². The highest BCUT2D eigenvalue weighted by molar-refractivity contribution is 9.10. The Hall–Kier alpha value is -0.470. The smallest absolute Gasteiger partial charge is 0.241 e. The monoisotopic (exact) mass is 365 g/mol. The van der Waals surface area contributed by atoms with Gasteiger partial charge in [0.2, 0.25) is 10.0 Å². The molecule has 0 aliphatic rings. The maximum atomic E-state index is 12.4. The molecule has 0 amide bonds. The average molecular weight is 366 g/mol. The fraction of sp³-hybridized carbons (Fsp3) is 0.538. The molecule has 5 nitrogen and oxygen atoms in total. The highest BCUT2D eigenvalue weighted by Crippen LogP contribution is 2.26. The van der Waals surface area contributed by atoms with Gasteiger partial charge < -0.3 is 9.84 Å². The van der Waals surface area contributed by atoms with E-state index in [1.807, 2.05) is 6.92 Å². The number of rotatable bonds is 7. The quantitative estimate of drug-likeness (QED) is 0.774. The first-order valence-corrected chi connectivity index (χ1v) is 8.54. The van der Waals surface area contributed by atoms with Gasteiger partial charge in [-0.15, -0.1) is 0 Å². The lowest BCUT2D eigenvalue weighted by Gasteiger charge is -2.18. The number of sulfonamides is 1. The van der Waals surface area contributed by atoms with Crippen molar-refractivity contribution in [2.45, 2.75) is 37.8 Å². The van der Waals surface area contributed by atoms with Gasteiger partial charge in [0.15, 0.2) is 0 Å². The van der Waals surface area contributed by atoms with Gasteiger partial charge >= 0.3 is 0 Å². The Morgan fingerprint density at radius 2 is 2.10 bits per heavy atom. The van der Waals surface area contributed by atoms with Crippen molar-refractivity contribution in [1.82, 2.24) is 4.72 Å². The first-order chi connectivity index (χ1) is 9.35. The topological polar surface area (TPSA) is 75.6 Å². The molecule has 0 aliphatic heterocycles. The van der Waals surface area contributed by atoms with E-state index >= 15 is 0 Å². The molecule has 1 unspecified atom stereocenters. The van der Waals surface area contributed by atoms with Gasteiger partial charge in [0.25, 0.3) is 0 Å². The molecule has 0 bridgehead atoms. The molecule has 0 aliphatic carbocycles. The summed E-state index contributed by atoms with van der Waals surface area (Å²) >= 11 is 3.32. The van der Waals surface area contributed by atoms with Crippen LogP contribution in [0.4, 0.5) is 0 Å². The molecular weight excluding hydrogens is 346 g/mol. The van der Waals surface area contributed by atoms with E-state index in [4.69, 9.17) is 4.74 Å². The summed E-state index contributed by atoms with van der Waals surface area (Å²) in [7, 11) is -2.12. The van der Waals surface area contributed by atoms with E-state index in [-0.39, 0.29) is 17.5 Å². The van der Waals surface area contributed by atoms with Crippen LogP contribution in [0, 0.1) is 6.92 Å². The van der Waals surface area contributed by atoms with Gasteiger partial charge in [-0.25, -0.2) is 13.1 Å². The Morgan fingerprint density at radius 1 is 1.45 bits per heavy atom. The zero-order valence-electron chi connectivity index (χ0n) is 11.8. The van der Waals surface area contributed by atoms with E-state index in [0.29, 0.717) is 28.6 Å². The molecule has 1 aromatic carbocycles. The van der Waals surface area contributed by atoms with E-state index in [2.05, 4.69) is 20.7 Å². The standard InChI is InChI=1S/C13H20BrNO4S/c1-4-11(8-19-3)15-20(17,18)13-6-10(7-16)5-12(14)9(13)2/h5-6,11,15-16H,4,7-8H2,1-3H3. The molecule has 2 N–H and O–H groups in total. The molecular formula is C13H20BrNO4S. The van der Waals surface area contributed by atoms with Crippen LogP contribution in [-0.2, 0) is 21.4 Å². The molecule has 1 rings (SSSR count). The number of halogens is 1. The second-order valence-corrected chi connectivity index (χ2v) is 7.08. The second-order valence-electron chi connectivity index (χ2n) is 4.54. The number of ether oxygens (including phenoxy) is 1. The van der Waals surface area contributed by atoms with Gasteiger partial charge in [-0.1, -0.05) is 22.9 Å². The van der Waals surface area contributed by atoms with Crippen molar-refractivity contribution < 1.29 is 18.3 Å². The van der Waals surface area contributed by atoms with Gasteiger partial charge in [-0.05, 0) is 36.6 Å². The Kier molecular flexibility index (Phi) is 6.60. The fourth-order valence-electron chi connectivity index (χ4n) is 1.80. The maximum absolute atomic E-state index is 12.4. The molecule has 0 radical (unpaired) electrons. The highest BCUT2D eigenvalue weighted by atomic mass is 79.9. The number of hydrogen-bond donors (Lipinski definition) is 2. The first-order valence-electron chi connectivity index (χ1n) is 6.26. The summed E-state index contributed by atoms with van der Waals surface area (Å²) in [5.74, 6) is 0. The Labute approximate surface area is 128 Å². The minimum absolute atomic E-state index is 0.172. The van der Waals surface area contributed by atoms with Gasteiger partial charge in [0.1, 0.15) is 0 Å². The molecule has 0 fully saturated rings. The number of nitrogens with one attached hydrogen (secondary N) is 1. The Bertz CT molecular complexity index is 560. The van der Waals surface area contributed by atoms with Gasteiger partial charge in [0, 0.05) is 17.6 Å². The van der Waals surface area contributed by atoms with E-state index in [0.717, 1.165) is 0 Å². The van der Waals surface area contributed by atoms with Crippen molar-refractivity contribution in [1.29, 1.82) is 0 Å². The molecule has 0 heterocycles. The lowest BCUT2D eigenvalue weighted by molar-refractivity contribution is 0.173. The molecule has 114 valence electrons. The molecule has 1 atom stereocenters. The van der Waals surface area contributed by atoms with Crippen molar-refractivity contribution in [3.8, 4) is 0 Å². The lowest BCUT2D eigenvalue weighted by atomic mass is 10.2. The zero-order valence-corrected chi connectivity index (χ0v) is 14.2. The third-order valence-corrected chi connectivity index (χ3v) is 5.48. The molecule has 0 aromatic heterocycles. The fourth-order valence-corrected chi connectivity index (χ4v) is 4.06. The molecule has 0 saturated carbocycles. The maximum Gasteiger partial charge on any atom is 0.241 e. The van der Waals surface area contributed by atoms with Crippen molar-refractivity contribution in [3.05, 3.63) is 27.7 Å². The third-order valence-electron chi connectivity index (χ3n) is 3.01. The molecule has 0 spiro atoms. The van der Waals surface area contributed by atoms with Crippen molar-refractivity contribution in [2.75, 3.05) is 13.7 Å². The van der Waals surface area contributed by atoms with Crippen molar-refractivity contribution in [2.24, 2.45) is 0 Å². The van der Waals surface area contributed by atoms with E-state index in [1.54, 1.807) is 13.0 Å². The average Bonchev–Trinajstić information content (AvgIpc) is 2.40. The molecule has 1 aromatic rings. The van der Waals surface area contributed by atoms with Crippen molar-refractivity contribution >= 4 is 26.0 Å². The normalized spacial score (nSPS) is 13.4. The predicted molar refractivity (Wildman–Crippen MR) is 81.1 cm³/mol. The minimum atomic E-state index is -3.65. The number of benzene rings is 1. The largest absolute Gasteiger partial charge is 0.392 e. The molecule has 0 saturated heterocycles. The SMILES string of the molecule is CCC(COC)NS(=O)(=O)c1cc(CO)cc(Br)c1C. The minimum Gasteiger partial charge on any atom is -0.392 e. The summed E-state index contributed by atoms with van der Waals surface area (Å²) in [6, 6.07) is 2.92. The molecule has 20 heavy (non-hydrogen) atoms. The van der Waals surface area contributed by atoms with Crippen LogP contribution in [0.1, 0.15) is 24.5 Å². The van der Waals surface area contributed by atoms with Crippen LogP contribution in [0.2, 0.25) is 0 Å². The van der Waals surface area contributed by atoms with Crippen LogP contribution in [0.5, 0.6) is 0 Å². The lowest BCUT2D eigenvalue weighted by Crippen LogP contribution is -2.37. The summed E-state index contributed by atoms with van der Waals surface area (Å²) in [6.45, 7) is 3.71. The third kappa shape index (κ3) is 4.26. The number of aliphatic hydroxyl groups excluding tert-OH is 1. The summed E-state index contributed by atoms with van der Waals surface area (Å²) in [5, 5.41) is 9.20. The van der Waals surface area contributed by atoms with E-state index in [1.165, 1.54) is 13.2 Å².